The first-order valence-electron chi connectivity index (χ1n) is 9.58. The molecule has 1 aliphatic heterocycles. The van der Waals surface area contributed by atoms with Crippen LogP contribution in [0.1, 0.15) is 36.7 Å². The lowest BCUT2D eigenvalue weighted by Gasteiger charge is -2.40. The molecule has 2 heterocycles. The number of nitrogens with one attached hydrogen (secondary N) is 1. The summed E-state index contributed by atoms with van der Waals surface area (Å²) < 4.78 is 10.8. The van der Waals surface area contributed by atoms with Gasteiger partial charge in [0.1, 0.15) is 5.75 Å². The Labute approximate surface area is 160 Å². The zero-order chi connectivity index (χ0) is 19.3. The van der Waals surface area contributed by atoms with Gasteiger partial charge in [0.05, 0.1) is 24.8 Å². The van der Waals surface area contributed by atoms with Gasteiger partial charge in [0.2, 0.25) is 0 Å². The zero-order valence-corrected chi connectivity index (χ0v) is 16.5. The molecular formula is C21H29N3O3. The summed E-state index contributed by atoms with van der Waals surface area (Å²) >= 11 is 0. The minimum Gasteiger partial charge on any atom is -0.497 e. The predicted octanol–water partition coefficient (Wildman–Crippen LogP) is 3.11. The van der Waals surface area contributed by atoms with Crippen molar-refractivity contribution in [3.63, 3.8) is 0 Å². The van der Waals surface area contributed by atoms with Crippen LogP contribution in [0, 0.1) is 12.3 Å². The fourth-order valence-corrected chi connectivity index (χ4v) is 3.83. The van der Waals surface area contributed by atoms with E-state index in [0.29, 0.717) is 13.0 Å². The van der Waals surface area contributed by atoms with Crippen molar-refractivity contribution >= 4 is 5.97 Å². The van der Waals surface area contributed by atoms with E-state index < -0.39 is 5.41 Å². The second-order valence-corrected chi connectivity index (χ2v) is 7.35. The lowest BCUT2D eigenvalue weighted by molar-refractivity contribution is -0.158. The van der Waals surface area contributed by atoms with Crippen LogP contribution in [0.4, 0.5) is 0 Å². The number of nitrogens with zero attached hydrogens (tertiary/aromatic N) is 2. The number of ether oxygens (including phenoxy) is 2. The van der Waals surface area contributed by atoms with Crippen LogP contribution >= 0.6 is 0 Å². The van der Waals surface area contributed by atoms with Crippen molar-refractivity contribution in [1.29, 1.82) is 0 Å². The number of likely N-dealkylation sites (tertiary alicyclic amines) is 1. The van der Waals surface area contributed by atoms with Gasteiger partial charge in [-0.2, -0.15) is 5.10 Å². The molecule has 0 saturated carbocycles. The molecule has 2 aromatic rings. The van der Waals surface area contributed by atoms with Crippen molar-refractivity contribution < 1.29 is 14.3 Å². The van der Waals surface area contributed by atoms with Gasteiger partial charge in [0.15, 0.2) is 0 Å². The Hall–Kier alpha value is -2.34. The molecule has 0 atom stereocenters. The summed E-state index contributed by atoms with van der Waals surface area (Å²) in [6.07, 6.45) is 2.25. The fourth-order valence-electron chi connectivity index (χ4n) is 3.83. The topological polar surface area (TPSA) is 67.5 Å². The van der Waals surface area contributed by atoms with E-state index >= 15 is 0 Å². The smallest absolute Gasteiger partial charge is 0.312 e. The highest BCUT2D eigenvalue weighted by Crippen LogP contribution is 2.37. The first-order chi connectivity index (χ1) is 13.0. The predicted molar refractivity (Wildman–Crippen MR) is 104 cm³/mol. The van der Waals surface area contributed by atoms with Gasteiger partial charge in [-0.3, -0.25) is 14.8 Å². The average molecular weight is 371 g/mol. The Morgan fingerprint density at radius 3 is 2.70 bits per heavy atom. The highest BCUT2D eigenvalue weighted by Gasteiger charge is 2.42. The van der Waals surface area contributed by atoms with Crippen LogP contribution < -0.4 is 4.74 Å². The summed E-state index contributed by atoms with van der Waals surface area (Å²) in [5.41, 5.74) is 2.75. The number of hydrogen-bond donors (Lipinski definition) is 1. The van der Waals surface area contributed by atoms with E-state index in [9.17, 15) is 4.79 Å². The van der Waals surface area contributed by atoms with Gasteiger partial charge in [0.25, 0.3) is 0 Å². The maximum absolute atomic E-state index is 12.9. The molecule has 0 radical (unpaired) electrons. The van der Waals surface area contributed by atoms with Gasteiger partial charge in [-0.25, -0.2) is 0 Å². The monoisotopic (exact) mass is 371 g/mol. The van der Waals surface area contributed by atoms with E-state index in [1.165, 1.54) is 0 Å². The fraction of sp³-hybridized carbons (Fsp3) is 0.524. The number of benzene rings is 1. The van der Waals surface area contributed by atoms with Crippen LogP contribution in [0.3, 0.4) is 0 Å². The third-order valence-electron chi connectivity index (χ3n) is 5.34. The molecule has 6 heteroatoms. The largest absolute Gasteiger partial charge is 0.497 e. The zero-order valence-electron chi connectivity index (χ0n) is 16.5. The molecule has 6 nitrogen and oxygen atoms in total. The molecule has 1 aromatic carbocycles. The quantitative estimate of drug-likeness (QED) is 0.758. The highest BCUT2D eigenvalue weighted by molar-refractivity contribution is 5.77. The van der Waals surface area contributed by atoms with Gasteiger partial charge >= 0.3 is 5.97 Å². The van der Waals surface area contributed by atoms with Crippen LogP contribution in [0.2, 0.25) is 0 Å². The number of esters is 1. The van der Waals surface area contributed by atoms with Gasteiger partial charge in [0, 0.05) is 12.2 Å². The number of carbonyl (C=O) groups excluding carboxylic acids is 1. The summed E-state index contributed by atoms with van der Waals surface area (Å²) in [7, 11) is 1.66. The molecule has 27 heavy (non-hydrogen) atoms. The number of aryl methyl sites for hydroxylation is 1. The van der Waals surface area contributed by atoms with Gasteiger partial charge in [-0.1, -0.05) is 12.1 Å². The molecule has 1 aromatic heterocycles. The molecule has 0 amide bonds. The Morgan fingerprint density at radius 1 is 1.30 bits per heavy atom. The number of piperidine rings is 1. The first-order valence-corrected chi connectivity index (χ1v) is 9.58. The summed E-state index contributed by atoms with van der Waals surface area (Å²) in [5.74, 6) is 0.737. The third-order valence-corrected chi connectivity index (χ3v) is 5.34. The molecule has 1 saturated heterocycles. The Morgan fingerprint density at radius 2 is 2.07 bits per heavy atom. The van der Waals surface area contributed by atoms with E-state index in [0.717, 1.165) is 55.2 Å². The van der Waals surface area contributed by atoms with Crippen LogP contribution in [0.5, 0.6) is 5.75 Å². The van der Waals surface area contributed by atoms with Crippen molar-refractivity contribution in [2.75, 3.05) is 26.8 Å². The normalized spacial score (nSPS) is 16.9. The summed E-state index contributed by atoms with van der Waals surface area (Å²) in [6.45, 7) is 6.81. The minimum atomic E-state index is -0.472. The number of methoxy groups -OCH3 is 1. The van der Waals surface area contributed by atoms with Gasteiger partial charge in [-0.15, -0.1) is 0 Å². The Balaban J connectivity index is 1.71. The molecule has 0 unspecified atom stereocenters. The Kier molecular flexibility index (Phi) is 6.16. The number of carbonyl (C=O) groups is 1. The summed E-state index contributed by atoms with van der Waals surface area (Å²) in [6, 6.07) is 10.0. The lowest BCUT2D eigenvalue weighted by atomic mass is 9.73. The molecule has 1 aliphatic rings. The number of aromatic amines is 1. The number of rotatable bonds is 7. The molecule has 0 bridgehead atoms. The van der Waals surface area contributed by atoms with E-state index in [1.54, 1.807) is 7.11 Å². The number of H-pyrrole nitrogens is 1. The maximum Gasteiger partial charge on any atom is 0.312 e. The van der Waals surface area contributed by atoms with E-state index in [-0.39, 0.29) is 5.97 Å². The van der Waals surface area contributed by atoms with Crippen molar-refractivity contribution in [2.45, 2.75) is 39.7 Å². The van der Waals surface area contributed by atoms with Crippen molar-refractivity contribution in [3.8, 4) is 5.75 Å². The molecule has 0 aliphatic carbocycles. The molecule has 146 valence electrons. The van der Waals surface area contributed by atoms with Crippen LogP contribution in [-0.4, -0.2) is 47.9 Å². The van der Waals surface area contributed by atoms with Crippen LogP contribution in [0.25, 0.3) is 0 Å². The SMILES string of the molecule is CCOC(=O)C1(Cc2cccc(OC)c2)CCN(Cc2cc(C)[nH]n2)CC1. The van der Waals surface area contributed by atoms with Crippen LogP contribution in [-0.2, 0) is 22.5 Å². The molecule has 3 rings (SSSR count). The summed E-state index contributed by atoms with van der Waals surface area (Å²) in [4.78, 5) is 15.2. The number of hydrogen-bond acceptors (Lipinski definition) is 5. The van der Waals surface area contributed by atoms with Gasteiger partial charge in [-0.05, 0) is 70.0 Å². The molecular weight excluding hydrogens is 342 g/mol. The summed E-state index contributed by atoms with van der Waals surface area (Å²) in [5, 5.41) is 7.32. The molecule has 1 N–H and O–H groups in total. The first kappa shape index (κ1) is 19.4. The highest BCUT2D eigenvalue weighted by atomic mass is 16.5. The average Bonchev–Trinajstić information content (AvgIpc) is 3.08. The second kappa shape index (κ2) is 8.57. The molecule has 1 fully saturated rings. The van der Waals surface area contributed by atoms with E-state index in [4.69, 9.17) is 9.47 Å². The van der Waals surface area contributed by atoms with E-state index in [2.05, 4.69) is 27.2 Å². The van der Waals surface area contributed by atoms with Crippen LogP contribution in [0.15, 0.2) is 30.3 Å². The van der Waals surface area contributed by atoms with E-state index in [1.807, 2.05) is 32.0 Å². The molecule has 0 spiro atoms. The second-order valence-electron chi connectivity index (χ2n) is 7.35. The maximum atomic E-state index is 12.9. The minimum absolute atomic E-state index is 0.0805. The Bertz CT molecular complexity index is 764. The van der Waals surface area contributed by atoms with Crippen molar-refractivity contribution in [1.82, 2.24) is 15.1 Å². The van der Waals surface area contributed by atoms with Crippen molar-refractivity contribution in [3.05, 3.63) is 47.3 Å². The standard InChI is InChI=1S/C21H29N3O3/c1-4-27-20(25)21(14-17-6-5-7-19(13-17)26-3)8-10-24(11-9-21)15-18-12-16(2)22-23-18/h5-7,12-13H,4,8-11,14-15H2,1-3H3,(H,22,23). The lowest BCUT2D eigenvalue weighted by Crippen LogP contribution is -2.46. The van der Waals surface area contributed by atoms with Crippen molar-refractivity contribution in [2.24, 2.45) is 5.41 Å². The number of aromatic nitrogens is 2. The third kappa shape index (κ3) is 4.69. The van der Waals surface area contributed by atoms with Gasteiger partial charge < -0.3 is 9.47 Å².